The van der Waals surface area contributed by atoms with E-state index in [1.807, 2.05) is 32.0 Å². The molecule has 4 nitrogen and oxygen atoms in total. The van der Waals surface area contributed by atoms with Crippen molar-refractivity contribution < 1.29 is 4.74 Å². The van der Waals surface area contributed by atoms with Crippen LogP contribution in [0.2, 0.25) is 0 Å². The van der Waals surface area contributed by atoms with E-state index in [9.17, 15) is 0 Å². The number of nitrogens with zero attached hydrogens (tertiary/aromatic N) is 2. The van der Waals surface area contributed by atoms with E-state index in [0.29, 0.717) is 16.6 Å². The second-order valence-electron chi connectivity index (χ2n) is 3.42. The SMILES string of the molecule is CCc1nsc(Oc2cccc(C)c2N)n1. The summed E-state index contributed by atoms with van der Waals surface area (Å²) in [5.74, 6) is 1.44. The topological polar surface area (TPSA) is 61.0 Å². The number of aromatic nitrogens is 2. The Morgan fingerprint density at radius 2 is 2.25 bits per heavy atom. The van der Waals surface area contributed by atoms with Crippen LogP contribution >= 0.6 is 11.5 Å². The van der Waals surface area contributed by atoms with E-state index < -0.39 is 0 Å². The minimum absolute atomic E-state index is 0.536. The summed E-state index contributed by atoms with van der Waals surface area (Å²) in [6, 6.07) is 5.68. The molecule has 1 heterocycles. The highest BCUT2D eigenvalue weighted by Crippen LogP contribution is 2.30. The maximum Gasteiger partial charge on any atom is 0.298 e. The Morgan fingerprint density at radius 3 is 2.94 bits per heavy atom. The van der Waals surface area contributed by atoms with E-state index in [1.54, 1.807) is 0 Å². The van der Waals surface area contributed by atoms with Crippen LogP contribution in [0.3, 0.4) is 0 Å². The lowest BCUT2D eigenvalue weighted by Crippen LogP contribution is -1.94. The van der Waals surface area contributed by atoms with Gasteiger partial charge in [-0.05, 0) is 18.6 Å². The van der Waals surface area contributed by atoms with Crippen LogP contribution in [0.4, 0.5) is 5.69 Å². The predicted octanol–water partition coefficient (Wildman–Crippen LogP) is 2.78. The molecule has 84 valence electrons. The standard InChI is InChI=1S/C11H13N3OS/c1-3-9-13-11(16-14-9)15-8-6-4-5-7(2)10(8)12/h4-6H,3,12H2,1-2H3. The first-order valence-electron chi connectivity index (χ1n) is 5.06. The van der Waals surface area contributed by atoms with Crippen molar-refractivity contribution in [3.8, 4) is 10.9 Å². The zero-order valence-corrected chi connectivity index (χ0v) is 10.0. The zero-order chi connectivity index (χ0) is 11.5. The van der Waals surface area contributed by atoms with Crippen LogP contribution in [0.25, 0.3) is 0 Å². The molecule has 1 aromatic carbocycles. The van der Waals surface area contributed by atoms with Gasteiger partial charge >= 0.3 is 0 Å². The maximum absolute atomic E-state index is 5.90. The number of hydrogen-bond donors (Lipinski definition) is 1. The first kappa shape index (κ1) is 10.9. The first-order chi connectivity index (χ1) is 7.70. The van der Waals surface area contributed by atoms with Gasteiger partial charge in [-0.25, -0.2) is 0 Å². The third-order valence-corrected chi connectivity index (χ3v) is 2.88. The molecular weight excluding hydrogens is 222 g/mol. The lowest BCUT2D eigenvalue weighted by molar-refractivity contribution is 0.479. The van der Waals surface area contributed by atoms with Crippen molar-refractivity contribution in [3.05, 3.63) is 29.6 Å². The molecule has 0 saturated heterocycles. The van der Waals surface area contributed by atoms with Gasteiger partial charge in [0.05, 0.1) is 5.69 Å². The summed E-state index contributed by atoms with van der Waals surface area (Å²) in [6.07, 6.45) is 0.809. The van der Waals surface area contributed by atoms with Crippen molar-refractivity contribution in [2.24, 2.45) is 0 Å². The fourth-order valence-corrected chi connectivity index (χ4v) is 1.89. The molecule has 0 aliphatic heterocycles. The Morgan fingerprint density at radius 1 is 1.44 bits per heavy atom. The molecule has 0 aliphatic carbocycles. The van der Waals surface area contributed by atoms with Crippen molar-refractivity contribution in [3.63, 3.8) is 0 Å². The van der Waals surface area contributed by atoms with Crippen LogP contribution < -0.4 is 10.5 Å². The largest absolute Gasteiger partial charge is 0.428 e. The van der Waals surface area contributed by atoms with Crippen molar-refractivity contribution >= 4 is 17.2 Å². The molecule has 1 aromatic heterocycles. The summed E-state index contributed by atoms with van der Waals surface area (Å²) in [4.78, 5) is 4.22. The van der Waals surface area contributed by atoms with Gasteiger partial charge in [-0.1, -0.05) is 19.1 Å². The molecule has 5 heteroatoms. The summed E-state index contributed by atoms with van der Waals surface area (Å²) in [5.41, 5.74) is 7.55. The van der Waals surface area contributed by atoms with Gasteiger partial charge < -0.3 is 10.5 Å². The van der Waals surface area contributed by atoms with Gasteiger partial charge in [-0.2, -0.15) is 9.36 Å². The summed E-state index contributed by atoms with van der Waals surface area (Å²) in [7, 11) is 0. The molecule has 2 N–H and O–H groups in total. The van der Waals surface area contributed by atoms with E-state index in [0.717, 1.165) is 17.8 Å². The maximum atomic E-state index is 5.90. The first-order valence-corrected chi connectivity index (χ1v) is 5.83. The number of rotatable bonds is 3. The predicted molar refractivity (Wildman–Crippen MR) is 65.0 cm³/mol. The number of hydrogen-bond acceptors (Lipinski definition) is 5. The van der Waals surface area contributed by atoms with Crippen LogP contribution in [-0.4, -0.2) is 9.36 Å². The Hall–Kier alpha value is -1.62. The quantitative estimate of drug-likeness (QED) is 0.831. The van der Waals surface area contributed by atoms with Gasteiger partial charge in [-0.15, -0.1) is 0 Å². The number of ether oxygens (including phenoxy) is 1. The van der Waals surface area contributed by atoms with Crippen LogP contribution in [0.1, 0.15) is 18.3 Å². The van der Waals surface area contributed by atoms with Gasteiger partial charge in [0.2, 0.25) is 0 Å². The van der Waals surface area contributed by atoms with Crippen LogP contribution in [0.15, 0.2) is 18.2 Å². The molecule has 0 amide bonds. The average Bonchev–Trinajstić information content (AvgIpc) is 2.73. The molecule has 0 spiro atoms. The van der Waals surface area contributed by atoms with E-state index in [4.69, 9.17) is 10.5 Å². The van der Waals surface area contributed by atoms with E-state index >= 15 is 0 Å². The lowest BCUT2D eigenvalue weighted by Gasteiger charge is -2.06. The summed E-state index contributed by atoms with van der Waals surface area (Å²) < 4.78 is 9.74. The molecule has 0 atom stereocenters. The molecule has 16 heavy (non-hydrogen) atoms. The second kappa shape index (κ2) is 4.49. The van der Waals surface area contributed by atoms with Gasteiger partial charge in [-0.3, -0.25) is 0 Å². The van der Waals surface area contributed by atoms with Crippen molar-refractivity contribution in [2.45, 2.75) is 20.3 Å². The molecule has 0 aliphatic rings. The van der Waals surface area contributed by atoms with E-state index in [2.05, 4.69) is 9.36 Å². The number of benzene rings is 1. The van der Waals surface area contributed by atoms with Gasteiger partial charge in [0.15, 0.2) is 5.75 Å². The number of nitrogens with two attached hydrogens (primary N) is 1. The smallest absolute Gasteiger partial charge is 0.298 e. The molecule has 0 radical (unpaired) electrons. The Kier molecular flexibility index (Phi) is 3.05. The van der Waals surface area contributed by atoms with Crippen LogP contribution in [-0.2, 0) is 6.42 Å². The van der Waals surface area contributed by atoms with Gasteiger partial charge in [0.25, 0.3) is 5.19 Å². The third kappa shape index (κ3) is 2.14. The molecule has 0 unspecified atom stereocenters. The Labute approximate surface area is 98.3 Å². The normalized spacial score (nSPS) is 10.4. The molecule has 2 rings (SSSR count). The number of nitrogen functional groups attached to an aromatic ring is 1. The highest BCUT2D eigenvalue weighted by atomic mass is 32.1. The van der Waals surface area contributed by atoms with Crippen LogP contribution in [0.5, 0.6) is 10.9 Å². The number of para-hydroxylation sites is 1. The molecule has 0 bridgehead atoms. The molecule has 0 saturated carbocycles. The zero-order valence-electron chi connectivity index (χ0n) is 9.23. The summed E-state index contributed by atoms with van der Waals surface area (Å²) >= 11 is 1.24. The lowest BCUT2D eigenvalue weighted by atomic mass is 10.2. The average molecular weight is 235 g/mol. The number of anilines is 1. The molecule has 0 fully saturated rings. The molecule has 2 aromatic rings. The van der Waals surface area contributed by atoms with Crippen LogP contribution in [0, 0.1) is 6.92 Å². The van der Waals surface area contributed by atoms with Crippen molar-refractivity contribution in [2.75, 3.05) is 5.73 Å². The minimum atomic E-state index is 0.536. The third-order valence-electron chi connectivity index (χ3n) is 2.25. The highest BCUT2D eigenvalue weighted by Gasteiger charge is 2.08. The fourth-order valence-electron chi connectivity index (χ4n) is 1.26. The highest BCUT2D eigenvalue weighted by molar-refractivity contribution is 7.07. The van der Waals surface area contributed by atoms with Crippen molar-refractivity contribution in [1.82, 2.24) is 9.36 Å². The Balaban J connectivity index is 2.23. The van der Waals surface area contributed by atoms with Gasteiger partial charge in [0.1, 0.15) is 5.82 Å². The Bertz CT molecular complexity index is 496. The number of aryl methyl sites for hydroxylation is 2. The minimum Gasteiger partial charge on any atom is -0.428 e. The fraction of sp³-hybridized carbons (Fsp3) is 0.273. The molecular formula is C11H13N3OS. The second-order valence-corrected chi connectivity index (χ2v) is 4.13. The van der Waals surface area contributed by atoms with Crippen molar-refractivity contribution in [1.29, 1.82) is 0 Å². The summed E-state index contributed by atoms with van der Waals surface area (Å²) in [6.45, 7) is 3.95. The summed E-state index contributed by atoms with van der Waals surface area (Å²) in [5, 5.41) is 0.536. The van der Waals surface area contributed by atoms with E-state index in [1.165, 1.54) is 11.5 Å². The van der Waals surface area contributed by atoms with E-state index in [-0.39, 0.29) is 0 Å². The monoisotopic (exact) mass is 235 g/mol. The van der Waals surface area contributed by atoms with Gasteiger partial charge in [0, 0.05) is 18.0 Å².